The summed E-state index contributed by atoms with van der Waals surface area (Å²) in [5.41, 5.74) is 0. The minimum Gasteiger partial charge on any atom is -0.377 e. The summed E-state index contributed by atoms with van der Waals surface area (Å²) in [5, 5.41) is 3.20. The molecular weight excluding hydrogens is 257 g/mol. The van der Waals surface area contributed by atoms with Gasteiger partial charge in [-0.1, -0.05) is 0 Å². The van der Waals surface area contributed by atoms with Crippen molar-refractivity contribution in [2.24, 2.45) is 0 Å². The summed E-state index contributed by atoms with van der Waals surface area (Å²) < 4.78 is 43.7. The van der Waals surface area contributed by atoms with Crippen LogP contribution >= 0.6 is 0 Å². The van der Waals surface area contributed by atoms with E-state index in [0.29, 0.717) is 13.2 Å². The van der Waals surface area contributed by atoms with Gasteiger partial charge in [0.15, 0.2) is 0 Å². The zero-order valence-corrected chi connectivity index (χ0v) is 11.2. The van der Waals surface area contributed by atoms with E-state index in [9.17, 15) is 13.2 Å². The van der Waals surface area contributed by atoms with Gasteiger partial charge in [-0.3, -0.25) is 4.90 Å². The van der Waals surface area contributed by atoms with E-state index < -0.39 is 12.7 Å². The van der Waals surface area contributed by atoms with Crippen LogP contribution < -0.4 is 5.32 Å². The molecule has 0 aromatic carbocycles. The summed E-state index contributed by atoms with van der Waals surface area (Å²) in [7, 11) is 0. The van der Waals surface area contributed by atoms with Crippen molar-refractivity contribution in [3.63, 3.8) is 0 Å². The molecule has 0 spiro atoms. The van der Waals surface area contributed by atoms with Crippen LogP contribution in [0.5, 0.6) is 0 Å². The summed E-state index contributed by atoms with van der Waals surface area (Å²) in [6.07, 6.45) is 0.427. The summed E-state index contributed by atoms with van der Waals surface area (Å²) in [6.45, 7) is 1.92. The molecule has 1 unspecified atom stereocenters. The van der Waals surface area contributed by atoms with Crippen LogP contribution in [0.3, 0.4) is 0 Å². The van der Waals surface area contributed by atoms with Crippen LogP contribution in [0.2, 0.25) is 0 Å². The fourth-order valence-corrected chi connectivity index (χ4v) is 2.96. The molecule has 2 heterocycles. The Morgan fingerprint density at radius 1 is 1.11 bits per heavy atom. The van der Waals surface area contributed by atoms with E-state index >= 15 is 0 Å². The molecule has 2 fully saturated rings. The monoisotopic (exact) mass is 280 g/mol. The van der Waals surface area contributed by atoms with Crippen LogP contribution in [0, 0.1) is 0 Å². The van der Waals surface area contributed by atoms with Gasteiger partial charge in [-0.2, -0.15) is 13.2 Å². The van der Waals surface area contributed by atoms with E-state index in [1.807, 2.05) is 0 Å². The van der Waals surface area contributed by atoms with Crippen molar-refractivity contribution in [2.45, 2.75) is 50.4 Å². The molecule has 2 rings (SSSR count). The van der Waals surface area contributed by atoms with Crippen molar-refractivity contribution in [3.05, 3.63) is 0 Å². The maximum atomic E-state index is 12.7. The highest BCUT2D eigenvalue weighted by Crippen LogP contribution is 2.23. The van der Waals surface area contributed by atoms with Crippen molar-refractivity contribution < 1.29 is 17.9 Å². The number of halogens is 3. The van der Waals surface area contributed by atoms with Crippen molar-refractivity contribution >= 4 is 0 Å². The van der Waals surface area contributed by atoms with Crippen LogP contribution in [0.25, 0.3) is 0 Å². The number of rotatable bonds is 4. The van der Waals surface area contributed by atoms with Gasteiger partial charge < -0.3 is 10.1 Å². The lowest BCUT2D eigenvalue weighted by molar-refractivity contribution is -0.157. The zero-order valence-electron chi connectivity index (χ0n) is 11.2. The molecule has 0 bridgehead atoms. The van der Waals surface area contributed by atoms with Gasteiger partial charge in [0.25, 0.3) is 0 Å². The lowest BCUT2D eigenvalue weighted by Crippen LogP contribution is -2.50. The average Bonchev–Trinajstić information content (AvgIpc) is 2.39. The molecule has 19 heavy (non-hydrogen) atoms. The summed E-state index contributed by atoms with van der Waals surface area (Å²) in [4.78, 5) is 1.59. The summed E-state index contributed by atoms with van der Waals surface area (Å²) in [6, 6.07) is 0.0356. The number of hydrogen-bond acceptors (Lipinski definition) is 3. The number of hydrogen-bond donors (Lipinski definition) is 1. The van der Waals surface area contributed by atoms with Gasteiger partial charge in [0.2, 0.25) is 0 Å². The second-order valence-electron chi connectivity index (χ2n) is 5.51. The Balaban J connectivity index is 1.91. The Hall–Kier alpha value is -0.330. The smallest absolute Gasteiger partial charge is 0.377 e. The zero-order chi connectivity index (χ0) is 13.7. The van der Waals surface area contributed by atoms with Gasteiger partial charge in [-0.25, -0.2) is 0 Å². The molecule has 1 N–H and O–H groups in total. The third kappa shape index (κ3) is 5.28. The molecular formula is C13H23F3N2O. The molecule has 0 amide bonds. The van der Waals surface area contributed by atoms with Gasteiger partial charge in [0.1, 0.15) is 0 Å². The lowest BCUT2D eigenvalue weighted by Gasteiger charge is -2.37. The fraction of sp³-hybridized carbons (Fsp3) is 1.00. The van der Waals surface area contributed by atoms with Crippen LogP contribution in [-0.2, 0) is 4.74 Å². The minimum absolute atomic E-state index is 0.0222. The first-order valence-electron chi connectivity index (χ1n) is 7.18. The fourth-order valence-electron chi connectivity index (χ4n) is 2.96. The molecule has 1 atom stereocenters. The van der Waals surface area contributed by atoms with Gasteiger partial charge in [-0.05, 0) is 45.2 Å². The molecule has 0 aromatic rings. The highest BCUT2D eigenvalue weighted by molar-refractivity contribution is 4.82. The Kier molecular flexibility index (Phi) is 5.47. The molecule has 3 nitrogen and oxygen atoms in total. The first-order chi connectivity index (χ1) is 9.04. The van der Waals surface area contributed by atoms with E-state index in [1.54, 1.807) is 4.90 Å². The number of nitrogens with zero attached hydrogens (tertiary/aromatic N) is 1. The minimum atomic E-state index is -4.13. The number of ether oxygens (including phenoxy) is 1. The molecule has 2 saturated heterocycles. The van der Waals surface area contributed by atoms with Crippen molar-refractivity contribution in [1.82, 2.24) is 10.2 Å². The van der Waals surface area contributed by atoms with Gasteiger partial charge in [0, 0.05) is 19.2 Å². The molecule has 0 aliphatic carbocycles. The molecule has 2 aliphatic heterocycles. The van der Waals surface area contributed by atoms with Crippen molar-refractivity contribution in [1.29, 1.82) is 0 Å². The van der Waals surface area contributed by atoms with E-state index in [0.717, 1.165) is 45.2 Å². The molecule has 0 saturated carbocycles. The predicted octanol–water partition coefficient (Wildman–Crippen LogP) is 2.17. The van der Waals surface area contributed by atoms with Gasteiger partial charge in [0.05, 0.1) is 12.6 Å². The van der Waals surface area contributed by atoms with E-state index in [4.69, 9.17) is 4.74 Å². The molecule has 112 valence electrons. The van der Waals surface area contributed by atoms with Gasteiger partial charge in [-0.15, -0.1) is 0 Å². The van der Waals surface area contributed by atoms with E-state index in [1.165, 1.54) is 0 Å². The third-order valence-corrected chi connectivity index (χ3v) is 3.92. The molecule has 0 aromatic heterocycles. The summed E-state index contributed by atoms with van der Waals surface area (Å²) in [5.74, 6) is 0. The van der Waals surface area contributed by atoms with Crippen LogP contribution in [0.1, 0.15) is 32.1 Å². The van der Waals surface area contributed by atoms with Crippen LogP contribution in [0.15, 0.2) is 0 Å². The number of piperidine rings is 1. The first kappa shape index (κ1) is 15.1. The molecule has 2 aliphatic rings. The Labute approximate surface area is 112 Å². The highest BCUT2D eigenvalue weighted by atomic mass is 19.4. The molecule has 6 heteroatoms. The number of alkyl halides is 3. The average molecular weight is 280 g/mol. The standard InChI is InChI=1S/C13H23F3N2O/c14-13(15,16)10-18(11-4-6-17-7-5-11)9-12-3-1-2-8-19-12/h11-12,17H,1-10H2. The largest absolute Gasteiger partial charge is 0.401 e. The second-order valence-corrected chi connectivity index (χ2v) is 5.51. The first-order valence-corrected chi connectivity index (χ1v) is 7.18. The third-order valence-electron chi connectivity index (χ3n) is 3.92. The lowest BCUT2D eigenvalue weighted by atomic mass is 10.0. The van der Waals surface area contributed by atoms with E-state index in [-0.39, 0.29) is 12.1 Å². The maximum absolute atomic E-state index is 12.7. The van der Waals surface area contributed by atoms with E-state index in [2.05, 4.69) is 5.32 Å². The normalized spacial score (nSPS) is 26.8. The quantitative estimate of drug-likeness (QED) is 0.854. The van der Waals surface area contributed by atoms with Crippen LogP contribution in [0.4, 0.5) is 13.2 Å². The Bertz CT molecular complexity index is 261. The Morgan fingerprint density at radius 3 is 2.42 bits per heavy atom. The van der Waals surface area contributed by atoms with Crippen molar-refractivity contribution in [3.8, 4) is 0 Å². The number of nitrogens with one attached hydrogen (secondary N) is 1. The SMILES string of the molecule is FC(F)(F)CN(CC1CCCCO1)C1CCNCC1. The summed E-state index contributed by atoms with van der Waals surface area (Å²) >= 11 is 0. The van der Waals surface area contributed by atoms with Crippen molar-refractivity contribution in [2.75, 3.05) is 32.8 Å². The second kappa shape index (κ2) is 6.90. The topological polar surface area (TPSA) is 24.5 Å². The predicted molar refractivity (Wildman–Crippen MR) is 67.1 cm³/mol. The van der Waals surface area contributed by atoms with Gasteiger partial charge >= 0.3 is 6.18 Å². The van der Waals surface area contributed by atoms with Crippen LogP contribution in [-0.4, -0.2) is 56.0 Å². The maximum Gasteiger partial charge on any atom is 0.401 e. The Morgan fingerprint density at radius 2 is 1.84 bits per heavy atom. The highest BCUT2D eigenvalue weighted by Gasteiger charge is 2.35. The molecule has 0 radical (unpaired) electrons.